The average Bonchev–Trinajstić information content (AvgIpc) is 3.05. The average molecular weight is 294 g/mol. The normalized spacial score (nSPS) is 25.1. The maximum absolute atomic E-state index is 13.0. The van der Waals surface area contributed by atoms with Crippen LogP contribution in [0.4, 0.5) is 13.2 Å². The molecular weight excluding hydrogens is 281 g/mol. The van der Waals surface area contributed by atoms with Crippen LogP contribution < -0.4 is 0 Å². The van der Waals surface area contributed by atoms with E-state index in [9.17, 15) is 21.6 Å². The maximum Gasteiger partial charge on any atom is 0.395 e. The largest absolute Gasteiger partial charge is 0.395 e. The second-order valence-electron chi connectivity index (χ2n) is 4.79. The molecule has 19 heavy (non-hydrogen) atoms. The Balaban J connectivity index is 2.28. The van der Waals surface area contributed by atoms with Gasteiger partial charge in [-0.3, -0.25) is 0 Å². The highest BCUT2D eigenvalue weighted by Gasteiger charge is 2.60. The van der Waals surface area contributed by atoms with Crippen LogP contribution in [0.5, 0.6) is 0 Å². The van der Waals surface area contributed by atoms with E-state index in [1.54, 1.807) is 6.07 Å². The molecule has 1 aromatic carbocycles. The highest BCUT2D eigenvalue weighted by atomic mass is 32.2. The minimum atomic E-state index is -4.60. The molecular formula is C12H13F3O3S. The van der Waals surface area contributed by atoms with Crippen molar-refractivity contribution >= 4 is 9.84 Å². The molecule has 1 heterocycles. The standard InChI is InChI=1S/C12H13F3O3S/c1-11(8-18-11)10(12(13,14)15)7-19(16,17)9-5-3-2-4-6-9/h2-6,10H,7-8H2,1H3. The van der Waals surface area contributed by atoms with Crippen molar-refractivity contribution in [1.82, 2.24) is 0 Å². The molecule has 106 valence electrons. The van der Waals surface area contributed by atoms with Crippen LogP contribution in [0, 0.1) is 5.92 Å². The van der Waals surface area contributed by atoms with Crippen LogP contribution in [0.25, 0.3) is 0 Å². The first-order chi connectivity index (χ1) is 8.65. The molecule has 7 heteroatoms. The number of alkyl halides is 3. The number of halogens is 3. The third-order valence-corrected chi connectivity index (χ3v) is 4.98. The molecule has 0 aliphatic carbocycles. The molecule has 1 aliphatic heterocycles. The maximum atomic E-state index is 13.0. The predicted molar refractivity (Wildman–Crippen MR) is 62.4 cm³/mol. The number of hydrogen-bond donors (Lipinski definition) is 0. The summed E-state index contributed by atoms with van der Waals surface area (Å²) in [7, 11) is -3.99. The minimum Gasteiger partial charge on any atom is -0.369 e. The van der Waals surface area contributed by atoms with Gasteiger partial charge in [0, 0.05) is 0 Å². The van der Waals surface area contributed by atoms with Crippen molar-refractivity contribution in [2.24, 2.45) is 5.92 Å². The summed E-state index contributed by atoms with van der Waals surface area (Å²) >= 11 is 0. The lowest BCUT2D eigenvalue weighted by Gasteiger charge is -2.23. The van der Waals surface area contributed by atoms with E-state index < -0.39 is 33.3 Å². The second-order valence-corrected chi connectivity index (χ2v) is 6.82. The number of ether oxygens (including phenoxy) is 1. The minimum absolute atomic E-state index is 0.0680. The third-order valence-electron chi connectivity index (χ3n) is 3.22. The molecule has 1 aliphatic rings. The van der Waals surface area contributed by atoms with Gasteiger partial charge in [0.05, 0.1) is 17.3 Å². The predicted octanol–water partition coefficient (Wildman–Crippen LogP) is 2.43. The molecule has 0 N–H and O–H groups in total. The van der Waals surface area contributed by atoms with Crippen molar-refractivity contribution in [1.29, 1.82) is 0 Å². The van der Waals surface area contributed by atoms with Crippen molar-refractivity contribution in [2.75, 3.05) is 12.4 Å². The molecule has 0 radical (unpaired) electrons. The first kappa shape index (κ1) is 14.3. The zero-order valence-electron chi connectivity index (χ0n) is 10.1. The molecule has 0 amide bonds. The van der Waals surface area contributed by atoms with E-state index >= 15 is 0 Å². The molecule has 3 nitrogen and oxygen atoms in total. The Kier molecular flexibility index (Phi) is 3.38. The van der Waals surface area contributed by atoms with Crippen LogP contribution in [0.15, 0.2) is 35.2 Å². The molecule has 1 saturated heterocycles. The summed E-state index contributed by atoms with van der Waals surface area (Å²) in [6.45, 7) is 1.22. The van der Waals surface area contributed by atoms with Gasteiger partial charge in [0.15, 0.2) is 9.84 Å². The summed E-state index contributed by atoms with van der Waals surface area (Å²) in [6.07, 6.45) is -4.60. The number of rotatable bonds is 4. The zero-order chi connectivity index (χ0) is 14.3. The number of sulfone groups is 1. The number of hydrogen-bond acceptors (Lipinski definition) is 3. The van der Waals surface area contributed by atoms with Crippen LogP contribution in [0.2, 0.25) is 0 Å². The van der Waals surface area contributed by atoms with Gasteiger partial charge in [-0.2, -0.15) is 13.2 Å². The lowest BCUT2D eigenvalue weighted by atomic mass is 9.96. The fourth-order valence-corrected chi connectivity index (χ4v) is 3.62. The van der Waals surface area contributed by atoms with Crippen LogP contribution in [0.1, 0.15) is 6.92 Å². The van der Waals surface area contributed by atoms with Gasteiger partial charge >= 0.3 is 6.18 Å². The van der Waals surface area contributed by atoms with Crippen molar-refractivity contribution in [3.8, 4) is 0 Å². The second kappa shape index (κ2) is 4.49. The summed E-state index contributed by atoms with van der Waals surface area (Å²) in [4.78, 5) is -0.103. The van der Waals surface area contributed by atoms with E-state index in [4.69, 9.17) is 4.74 Å². The topological polar surface area (TPSA) is 46.7 Å². The first-order valence-electron chi connectivity index (χ1n) is 5.64. The zero-order valence-corrected chi connectivity index (χ0v) is 11.0. The molecule has 0 saturated carbocycles. The third kappa shape index (κ3) is 3.09. The van der Waals surface area contributed by atoms with Crippen molar-refractivity contribution in [2.45, 2.75) is 23.6 Å². The smallest absolute Gasteiger partial charge is 0.369 e. The van der Waals surface area contributed by atoms with Gasteiger partial charge in [-0.25, -0.2) is 8.42 Å². The van der Waals surface area contributed by atoms with Gasteiger partial charge in [-0.1, -0.05) is 18.2 Å². The van der Waals surface area contributed by atoms with E-state index in [1.165, 1.54) is 31.2 Å². The SMILES string of the molecule is CC1(C(CS(=O)(=O)c2ccccc2)C(F)(F)F)CO1. The summed E-state index contributed by atoms with van der Waals surface area (Å²) in [5.74, 6) is -3.00. The van der Waals surface area contributed by atoms with Crippen LogP contribution in [-0.4, -0.2) is 32.6 Å². The van der Waals surface area contributed by atoms with E-state index in [2.05, 4.69) is 0 Å². The molecule has 0 spiro atoms. The van der Waals surface area contributed by atoms with E-state index in [1.807, 2.05) is 0 Å². The number of benzene rings is 1. The van der Waals surface area contributed by atoms with Crippen molar-refractivity contribution in [3.63, 3.8) is 0 Å². The number of epoxide rings is 1. The monoisotopic (exact) mass is 294 g/mol. The molecule has 0 aromatic heterocycles. The highest BCUT2D eigenvalue weighted by Crippen LogP contribution is 2.45. The van der Waals surface area contributed by atoms with E-state index in [0.29, 0.717) is 0 Å². The Morgan fingerprint density at radius 2 is 1.84 bits per heavy atom. The van der Waals surface area contributed by atoms with Gasteiger partial charge in [0.25, 0.3) is 0 Å². The molecule has 2 rings (SSSR count). The van der Waals surface area contributed by atoms with Gasteiger partial charge in [0.1, 0.15) is 11.5 Å². The van der Waals surface area contributed by atoms with Gasteiger partial charge in [-0.15, -0.1) is 0 Å². The lowest BCUT2D eigenvalue weighted by Crippen LogP contribution is -2.40. The van der Waals surface area contributed by atoms with Crippen LogP contribution >= 0.6 is 0 Å². The van der Waals surface area contributed by atoms with Crippen LogP contribution in [0.3, 0.4) is 0 Å². The molecule has 1 aromatic rings. The lowest BCUT2D eigenvalue weighted by molar-refractivity contribution is -0.183. The van der Waals surface area contributed by atoms with Gasteiger partial charge < -0.3 is 4.74 Å². The molecule has 0 bridgehead atoms. The van der Waals surface area contributed by atoms with Gasteiger partial charge in [0.2, 0.25) is 0 Å². The highest BCUT2D eigenvalue weighted by molar-refractivity contribution is 7.91. The Hall–Kier alpha value is -1.08. The van der Waals surface area contributed by atoms with Crippen LogP contribution in [-0.2, 0) is 14.6 Å². The van der Waals surface area contributed by atoms with Crippen molar-refractivity contribution < 1.29 is 26.3 Å². The Bertz CT molecular complexity index is 542. The fourth-order valence-electron chi connectivity index (χ4n) is 1.88. The fraction of sp³-hybridized carbons (Fsp3) is 0.500. The summed E-state index contributed by atoms with van der Waals surface area (Å²) in [5, 5.41) is 0. The Morgan fingerprint density at radius 3 is 2.26 bits per heavy atom. The Morgan fingerprint density at radius 1 is 1.32 bits per heavy atom. The molecule has 1 fully saturated rings. The molecule has 2 atom stereocenters. The molecule has 2 unspecified atom stereocenters. The summed E-state index contributed by atoms with van der Waals surface area (Å²) < 4.78 is 67.7. The first-order valence-corrected chi connectivity index (χ1v) is 7.29. The summed E-state index contributed by atoms with van der Waals surface area (Å²) in [6, 6.07) is 7.14. The van der Waals surface area contributed by atoms with E-state index in [-0.39, 0.29) is 11.5 Å². The van der Waals surface area contributed by atoms with Crippen molar-refractivity contribution in [3.05, 3.63) is 30.3 Å². The summed E-state index contributed by atoms with van der Waals surface area (Å²) in [5.41, 5.74) is -1.42. The quantitative estimate of drug-likeness (QED) is 0.801. The Labute approximate surface area is 109 Å². The van der Waals surface area contributed by atoms with Gasteiger partial charge in [-0.05, 0) is 19.1 Å². The van der Waals surface area contributed by atoms with E-state index in [0.717, 1.165) is 0 Å².